The van der Waals surface area contributed by atoms with E-state index in [9.17, 15) is 14.0 Å². The summed E-state index contributed by atoms with van der Waals surface area (Å²) in [6, 6.07) is 0.780. The molecule has 0 aliphatic carbocycles. The van der Waals surface area contributed by atoms with E-state index in [1.165, 1.54) is 32.8 Å². The first-order chi connectivity index (χ1) is 9.49. The average molecular weight is 338 g/mol. The van der Waals surface area contributed by atoms with Gasteiger partial charge in [0.25, 0.3) is 5.91 Å². The zero-order valence-corrected chi connectivity index (χ0v) is 13.3. The number of likely N-dealkylation sites (N-methyl/N-ethyl adjacent to an activating group) is 1. The number of amides is 1. The van der Waals surface area contributed by atoms with E-state index in [0.717, 1.165) is 6.07 Å². The molecule has 1 N–H and O–H groups in total. The first-order valence-corrected chi connectivity index (χ1v) is 6.56. The van der Waals surface area contributed by atoms with Crippen LogP contribution >= 0.6 is 23.2 Å². The van der Waals surface area contributed by atoms with Crippen molar-refractivity contribution < 1.29 is 23.8 Å². The van der Waals surface area contributed by atoms with Crippen LogP contribution in [0, 0.1) is 5.82 Å². The highest BCUT2D eigenvalue weighted by molar-refractivity contribution is 6.39. The molecule has 0 fully saturated rings. The van der Waals surface area contributed by atoms with Gasteiger partial charge in [-0.05, 0) is 19.9 Å². The van der Waals surface area contributed by atoms with Gasteiger partial charge in [0.1, 0.15) is 16.4 Å². The van der Waals surface area contributed by atoms with Gasteiger partial charge in [0.15, 0.2) is 11.4 Å². The van der Waals surface area contributed by atoms with Crippen molar-refractivity contribution in [3.63, 3.8) is 0 Å². The number of benzene rings is 1. The van der Waals surface area contributed by atoms with Crippen LogP contribution in [0.5, 0.6) is 5.75 Å². The molecule has 116 valence electrons. The van der Waals surface area contributed by atoms with Gasteiger partial charge in [0.2, 0.25) is 0 Å². The number of aromatic carboxylic acids is 1. The molecular weight excluding hydrogens is 324 g/mol. The third-order valence-corrected chi connectivity index (χ3v) is 3.26. The fourth-order valence-corrected chi connectivity index (χ4v) is 2.29. The summed E-state index contributed by atoms with van der Waals surface area (Å²) in [5, 5.41) is 8.25. The highest BCUT2D eigenvalue weighted by atomic mass is 35.5. The predicted octanol–water partition coefficient (Wildman–Crippen LogP) is 3.08. The Balaban J connectivity index is 3.36. The van der Waals surface area contributed by atoms with Crippen molar-refractivity contribution >= 4 is 35.1 Å². The number of rotatable bonds is 4. The molecule has 1 rings (SSSR count). The first-order valence-electron chi connectivity index (χ1n) is 5.80. The van der Waals surface area contributed by atoms with Crippen LogP contribution in [-0.4, -0.2) is 41.6 Å². The van der Waals surface area contributed by atoms with E-state index < -0.39 is 33.9 Å². The van der Waals surface area contributed by atoms with Crippen LogP contribution in [0.3, 0.4) is 0 Å². The molecule has 1 aromatic carbocycles. The van der Waals surface area contributed by atoms with Crippen LogP contribution in [0.25, 0.3) is 0 Å². The molecule has 0 radical (unpaired) electrons. The summed E-state index contributed by atoms with van der Waals surface area (Å²) in [5.41, 5.74) is -2.12. The maximum atomic E-state index is 13.6. The molecule has 21 heavy (non-hydrogen) atoms. The van der Waals surface area contributed by atoms with Crippen molar-refractivity contribution in [2.24, 2.45) is 0 Å². The van der Waals surface area contributed by atoms with Gasteiger partial charge >= 0.3 is 5.97 Å². The van der Waals surface area contributed by atoms with Gasteiger partial charge in [-0.2, -0.15) is 0 Å². The summed E-state index contributed by atoms with van der Waals surface area (Å²) in [5.74, 6) is -3.29. The molecule has 8 heteroatoms. The summed E-state index contributed by atoms with van der Waals surface area (Å²) in [6.45, 7) is 2.93. The maximum absolute atomic E-state index is 13.6. The maximum Gasteiger partial charge on any atom is 0.340 e. The Morgan fingerprint density at radius 3 is 2.29 bits per heavy atom. The van der Waals surface area contributed by atoms with Crippen molar-refractivity contribution in [2.75, 3.05) is 14.1 Å². The lowest BCUT2D eigenvalue weighted by Crippen LogP contribution is -2.46. The Morgan fingerprint density at radius 2 is 1.86 bits per heavy atom. The smallest absolute Gasteiger partial charge is 0.340 e. The average Bonchev–Trinajstić information content (AvgIpc) is 2.32. The molecule has 0 saturated carbocycles. The molecule has 0 aromatic heterocycles. The fraction of sp³-hybridized carbons (Fsp3) is 0.385. The van der Waals surface area contributed by atoms with Crippen LogP contribution in [0.2, 0.25) is 10.0 Å². The predicted molar refractivity (Wildman–Crippen MR) is 76.8 cm³/mol. The number of nitrogens with zero attached hydrogens (tertiary/aromatic N) is 1. The molecular formula is C13H14Cl2FNO4. The largest absolute Gasteiger partial charge is 0.478 e. The number of carbonyl (C=O) groups excluding carboxylic acids is 1. The van der Waals surface area contributed by atoms with E-state index in [1.807, 2.05) is 0 Å². The van der Waals surface area contributed by atoms with Gasteiger partial charge in [0, 0.05) is 14.1 Å². The van der Waals surface area contributed by atoms with E-state index in [-0.39, 0.29) is 10.8 Å². The van der Waals surface area contributed by atoms with E-state index in [4.69, 9.17) is 33.0 Å². The van der Waals surface area contributed by atoms with E-state index in [0.29, 0.717) is 0 Å². The summed E-state index contributed by atoms with van der Waals surface area (Å²) >= 11 is 11.7. The van der Waals surface area contributed by atoms with Gasteiger partial charge in [0.05, 0.1) is 5.02 Å². The Labute approximate surface area is 131 Å². The Hall–Kier alpha value is -1.53. The minimum atomic E-state index is -1.56. The lowest BCUT2D eigenvalue weighted by molar-refractivity contribution is -0.142. The van der Waals surface area contributed by atoms with Crippen molar-refractivity contribution in [2.45, 2.75) is 19.4 Å². The minimum absolute atomic E-state index is 0.220. The summed E-state index contributed by atoms with van der Waals surface area (Å²) in [6.07, 6.45) is 0. The summed E-state index contributed by atoms with van der Waals surface area (Å²) in [7, 11) is 3.06. The normalized spacial score (nSPS) is 11.2. The van der Waals surface area contributed by atoms with E-state index in [2.05, 4.69) is 0 Å². The molecule has 0 unspecified atom stereocenters. The van der Waals surface area contributed by atoms with Gasteiger partial charge in [-0.15, -0.1) is 0 Å². The monoisotopic (exact) mass is 337 g/mol. The number of carboxylic acids is 1. The number of carbonyl (C=O) groups is 2. The third-order valence-electron chi connectivity index (χ3n) is 2.62. The highest BCUT2D eigenvalue weighted by Crippen LogP contribution is 2.39. The van der Waals surface area contributed by atoms with E-state index >= 15 is 0 Å². The van der Waals surface area contributed by atoms with Gasteiger partial charge < -0.3 is 14.7 Å². The SMILES string of the molecule is CN(C)C(=O)C(C)(C)Oc1c(Cl)cc(F)c(C(=O)O)c1Cl. The first kappa shape index (κ1) is 17.5. The molecule has 0 heterocycles. The zero-order chi connectivity index (χ0) is 16.5. The molecule has 0 aliphatic rings. The standard InChI is InChI=1S/C13H14Cl2FNO4/c1-13(2,12(20)17(3)4)21-10-6(14)5-7(16)8(9(10)15)11(18)19/h5H,1-4H3,(H,18,19). The topological polar surface area (TPSA) is 66.8 Å². The number of carboxylic acid groups (broad SMARTS) is 1. The lowest BCUT2D eigenvalue weighted by Gasteiger charge is -2.29. The lowest BCUT2D eigenvalue weighted by atomic mass is 10.1. The number of hydrogen-bond acceptors (Lipinski definition) is 3. The molecule has 1 amide bonds. The van der Waals surface area contributed by atoms with Gasteiger partial charge in [-0.3, -0.25) is 4.79 Å². The minimum Gasteiger partial charge on any atom is -0.478 e. The van der Waals surface area contributed by atoms with Crippen molar-refractivity contribution in [3.05, 3.63) is 27.5 Å². The van der Waals surface area contributed by atoms with Crippen LogP contribution in [0.4, 0.5) is 4.39 Å². The molecule has 1 aromatic rings. The van der Waals surface area contributed by atoms with Crippen LogP contribution in [0.15, 0.2) is 6.07 Å². The van der Waals surface area contributed by atoms with Crippen LogP contribution in [0.1, 0.15) is 24.2 Å². The number of hydrogen-bond donors (Lipinski definition) is 1. The summed E-state index contributed by atoms with van der Waals surface area (Å²) in [4.78, 5) is 24.3. The molecule has 0 atom stereocenters. The second-order valence-corrected chi connectivity index (χ2v) is 5.76. The molecule has 0 aliphatic heterocycles. The van der Waals surface area contributed by atoms with Crippen molar-refractivity contribution in [3.8, 4) is 5.75 Å². The third kappa shape index (κ3) is 3.57. The molecule has 0 spiro atoms. The second-order valence-electron chi connectivity index (χ2n) is 4.98. The Bertz CT molecular complexity index is 602. The van der Waals surface area contributed by atoms with Crippen LogP contribution in [-0.2, 0) is 4.79 Å². The van der Waals surface area contributed by atoms with E-state index in [1.54, 1.807) is 0 Å². The van der Waals surface area contributed by atoms with Crippen LogP contribution < -0.4 is 4.74 Å². The Morgan fingerprint density at radius 1 is 1.33 bits per heavy atom. The van der Waals surface area contributed by atoms with Gasteiger partial charge in [-0.1, -0.05) is 23.2 Å². The number of ether oxygens (including phenoxy) is 1. The zero-order valence-electron chi connectivity index (χ0n) is 11.8. The van der Waals surface area contributed by atoms with Crippen molar-refractivity contribution in [1.29, 1.82) is 0 Å². The number of halogens is 3. The second kappa shape index (κ2) is 6.07. The fourth-order valence-electron chi connectivity index (χ4n) is 1.70. The molecule has 0 bridgehead atoms. The Kier molecular flexibility index (Phi) is 5.07. The molecule has 0 saturated heterocycles. The van der Waals surface area contributed by atoms with Gasteiger partial charge in [-0.25, -0.2) is 9.18 Å². The highest BCUT2D eigenvalue weighted by Gasteiger charge is 2.34. The molecule has 5 nitrogen and oxygen atoms in total. The van der Waals surface area contributed by atoms with Crippen molar-refractivity contribution in [1.82, 2.24) is 4.90 Å². The summed E-state index contributed by atoms with van der Waals surface area (Å²) < 4.78 is 19.0. The quantitative estimate of drug-likeness (QED) is 0.916.